The van der Waals surface area contributed by atoms with Gasteiger partial charge >= 0.3 is 0 Å². The number of aryl methyl sites for hydroxylation is 2. The van der Waals surface area contributed by atoms with E-state index in [1.807, 2.05) is 0 Å². The number of benzene rings is 1. The monoisotopic (exact) mass is 405 g/mol. The molecular weight excluding hydrogens is 366 g/mol. The van der Waals surface area contributed by atoms with Gasteiger partial charge in [0.05, 0.1) is 6.07 Å². The number of likely N-dealkylation sites (tertiary alicyclic amines) is 1. The van der Waals surface area contributed by atoms with E-state index in [4.69, 9.17) is 0 Å². The first kappa shape index (κ1) is 21.4. The van der Waals surface area contributed by atoms with Gasteiger partial charge in [0.25, 0.3) is 0 Å². The lowest BCUT2D eigenvalue weighted by atomic mass is 9.73. The van der Waals surface area contributed by atoms with Gasteiger partial charge in [-0.2, -0.15) is 5.26 Å². The molecule has 1 aromatic rings. The average molecular weight is 406 g/mol. The molecule has 1 saturated heterocycles. The average Bonchev–Trinajstić information content (AvgIpc) is 3.21. The molecule has 162 valence electrons. The van der Waals surface area contributed by atoms with Crippen molar-refractivity contribution < 1.29 is 0 Å². The molecule has 1 aromatic carbocycles. The highest BCUT2D eigenvalue weighted by molar-refractivity contribution is 5.49. The second-order valence-corrected chi connectivity index (χ2v) is 10.4. The molecule has 1 aliphatic heterocycles. The van der Waals surface area contributed by atoms with Gasteiger partial charge in [-0.3, -0.25) is 0 Å². The molecule has 30 heavy (non-hydrogen) atoms. The lowest BCUT2D eigenvalue weighted by Gasteiger charge is -2.33. The molecule has 1 heterocycles. The van der Waals surface area contributed by atoms with Gasteiger partial charge < -0.3 is 10.2 Å². The molecule has 4 rings (SSSR count). The topological polar surface area (TPSA) is 39.1 Å². The summed E-state index contributed by atoms with van der Waals surface area (Å²) in [6.07, 6.45) is 10.9. The first-order valence-corrected chi connectivity index (χ1v) is 12.2. The van der Waals surface area contributed by atoms with Crippen LogP contribution in [-0.2, 0) is 32.1 Å². The number of nitrogens with zero attached hydrogens (tertiary/aromatic N) is 2. The van der Waals surface area contributed by atoms with E-state index in [1.54, 1.807) is 27.8 Å². The number of fused-ring (bicyclic) bond motifs is 2. The second kappa shape index (κ2) is 9.15. The highest BCUT2D eigenvalue weighted by atomic mass is 15.2. The van der Waals surface area contributed by atoms with Crippen LogP contribution >= 0.6 is 0 Å². The third kappa shape index (κ3) is 4.45. The number of nitrogens with one attached hydrogen (secondary N) is 1. The van der Waals surface area contributed by atoms with Crippen molar-refractivity contribution in [3.8, 4) is 6.07 Å². The molecule has 0 amide bonds. The zero-order valence-corrected chi connectivity index (χ0v) is 19.3. The van der Waals surface area contributed by atoms with E-state index < -0.39 is 0 Å². The Hall–Kier alpha value is -1.79. The summed E-state index contributed by atoms with van der Waals surface area (Å²) in [6.45, 7) is 13.2. The van der Waals surface area contributed by atoms with Crippen LogP contribution < -0.4 is 5.32 Å². The number of hydrogen-bond donors (Lipinski definition) is 1. The van der Waals surface area contributed by atoms with Crippen molar-refractivity contribution in [2.75, 3.05) is 13.1 Å². The van der Waals surface area contributed by atoms with E-state index in [0.717, 1.165) is 49.9 Å². The maximum Gasteiger partial charge on any atom is 0.116 e. The lowest BCUT2D eigenvalue weighted by molar-refractivity contribution is 0.355. The number of hydrogen-bond acceptors (Lipinski definition) is 3. The molecule has 1 fully saturated rings. The van der Waals surface area contributed by atoms with Crippen LogP contribution in [0.2, 0.25) is 0 Å². The largest absolute Gasteiger partial charge is 0.358 e. The normalized spacial score (nSPS) is 26.6. The standard InChI is InChI=1S/C27H39N3/c1-18-7-9-22-15-23-10-8-19(2)13-26(23)27(25(22)12-18)14-20(3)29-17-21(4)30-11-5-6-24(30)16-28/h15,18-20,24,29H,4-14,17H2,1-3H3. The highest BCUT2D eigenvalue weighted by Gasteiger charge is 2.28. The zero-order valence-electron chi connectivity index (χ0n) is 19.3. The quantitative estimate of drug-likeness (QED) is 0.727. The molecule has 4 atom stereocenters. The molecular formula is C27H39N3. The predicted octanol–water partition coefficient (Wildman–Crippen LogP) is 4.96. The SMILES string of the molecule is C=C(CNC(C)Cc1c2c(cc3c1CC(C)CC3)CCC(C)C2)N1CCCC1C#N. The summed E-state index contributed by atoms with van der Waals surface area (Å²) >= 11 is 0. The van der Waals surface area contributed by atoms with Gasteiger partial charge in [0.2, 0.25) is 0 Å². The number of rotatable bonds is 6. The summed E-state index contributed by atoms with van der Waals surface area (Å²) in [5.74, 6) is 1.60. The Labute approximate surface area is 183 Å². The Bertz CT molecular complexity index is 795. The fourth-order valence-electron chi connectivity index (χ4n) is 5.91. The number of nitriles is 1. The van der Waals surface area contributed by atoms with Crippen LogP contribution in [0.4, 0.5) is 0 Å². The van der Waals surface area contributed by atoms with Crippen LogP contribution in [0.25, 0.3) is 0 Å². The van der Waals surface area contributed by atoms with Gasteiger partial charge in [0, 0.05) is 24.8 Å². The molecule has 3 aliphatic rings. The second-order valence-electron chi connectivity index (χ2n) is 10.4. The summed E-state index contributed by atoms with van der Waals surface area (Å²) < 4.78 is 0. The van der Waals surface area contributed by atoms with Crippen molar-refractivity contribution in [3.63, 3.8) is 0 Å². The Morgan fingerprint density at radius 2 is 1.80 bits per heavy atom. The molecule has 0 saturated carbocycles. The highest BCUT2D eigenvalue weighted by Crippen LogP contribution is 2.37. The summed E-state index contributed by atoms with van der Waals surface area (Å²) in [6, 6.07) is 5.44. The Morgan fingerprint density at radius 1 is 1.17 bits per heavy atom. The fraction of sp³-hybridized carbons (Fsp3) is 0.667. The van der Waals surface area contributed by atoms with E-state index in [2.05, 4.69) is 49.7 Å². The van der Waals surface area contributed by atoms with E-state index in [-0.39, 0.29) is 6.04 Å². The van der Waals surface area contributed by atoms with Crippen LogP contribution in [0.5, 0.6) is 0 Å². The van der Waals surface area contributed by atoms with Gasteiger partial charge in [0.15, 0.2) is 0 Å². The summed E-state index contributed by atoms with van der Waals surface area (Å²) in [4.78, 5) is 2.20. The van der Waals surface area contributed by atoms with Gasteiger partial charge in [-0.15, -0.1) is 0 Å². The van der Waals surface area contributed by atoms with Crippen LogP contribution in [-0.4, -0.2) is 30.1 Å². The minimum Gasteiger partial charge on any atom is -0.358 e. The summed E-state index contributed by atoms with van der Waals surface area (Å²) in [7, 11) is 0. The molecule has 0 spiro atoms. The van der Waals surface area contributed by atoms with E-state index in [0.29, 0.717) is 6.04 Å². The van der Waals surface area contributed by atoms with Gasteiger partial charge in [-0.1, -0.05) is 26.5 Å². The molecule has 0 radical (unpaired) electrons. The Kier molecular flexibility index (Phi) is 6.54. The van der Waals surface area contributed by atoms with Crippen molar-refractivity contribution >= 4 is 0 Å². The van der Waals surface area contributed by atoms with Crippen molar-refractivity contribution in [2.24, 2.45) is 11.8 Å². The van der Waals surface area contributed by atoms with Crippen molar-refractivity contribution in [1.82, 2.24) is 10.2 Å². The molecule has 0 aromatic heterocycles. The maximum absolute atomic E-state index is 9.37. The fourth-order valence-corrected chi connectivity index (χ4v) is 5.91. The zero-order chi connectivity index (χ0) is 21.3. The minimum absolute atomic E-state index is 0.0192. The smallest absolute Gasteiger partial charge is 0.116 e. The van der Waals surface area contributed by atoms with Gasteiger partial charge in [-0.05, 0) is 104 Å². The van der Waals surface area contributed by atoms with E-state index >= 15 is 0 Å². The Balaban J connectivity index is 1.49. The summed E-state index contributed by atoms with van der Waals surface area (Å²) in [5.41, 5.74) is 9.38. The van der Waals surface area contributed by atoms with Crippen LogP contribution in [0, 0.1) is 23.2 Å². The van der Waals surface area contributed by atoms with Crippen LogP contribution in [0.15, 0.2) is 18.3 Å². The minimum atomic E-state index is 0.0192. The third-order valence-corrected chi connectivity index (χ3v) is 7.74. The first-order valence-electron chi connectivity index (χ1n) is 12.2. The van der Waals surface area contributed by atoms with E-state index in [1.165, 1.54) is 38.5 Å². The third-order valence-electron chi connectivity index (χ3n) is 7.74. The van der Waals surface area contributed by atoms with Crippen LogP contribution in [0.1, 0.15) is 74.3 Å². The molecule has 1 N–H and O–H groups in total. The molecule has 3 nitrogen and oxygen atoms in total. The Morgan fingerprint density at radius 3 is 2.40 bits per heavy atom. The summed E-state index contributed by atoms with van der Waals surface area (Å²) in [5, 5.41) is 13.1. The molecule has 2 aliphatic carbocycles. The van der Waals surface area contributed by atoms with Gasteiger partial charge in [-0.25, -0.2) is 0 Å². The molecule has 3 heteroatoms. The first-order chi connectivity index (χ1) is 14.5. The predicted molar refractivity (Wildman–Crippen MR) is 124 cm³/mol. The molecule has 4 unspecified atom stereocenters. The van der Waals surface area contributed by atoms with Crippen molar-refractivity contribution in [2.45, 2.75) is 90.6 Å². The van der Waals surface area contributed by atoms with Gasteiger partial charge in [0.1, 0.15) is 6.04 Å². The lowest BCUT2D eigenvalue weighted by Crippen LogP contribution is -2.37. The van der Waals surface area contributed by atoms with Crippen molar-refractivity contribution in [3.05, 3.63) is 46.2 Å². The molecule has 0 bridgehead atoms. The maximum atomic E-state index is 9.37. The van der Waals surface area contributed by atoms with Crippen molar-refractivity contribution in [1.29, 1.82) is 5.26 Å². The van der Waals surface area contributed by atoms with E-state index in [9.17, 15) is 5.26 Å². The van der Waals surface area contributed by atoms with Crippen LogP contribution in [0.3, 0.4) is 0 Å².